The van der Waals surface area contributed by atoms with Crippen LogP contribution in [0.1, 0.15) is 10.6 Å². The molecule has 0 spiro atoms. The van der Waals surface area contributed by atoms with Crippen LogP contribution >= 0.6 is 0 Å². The molecule has 1 amide bonds. The van der Waals surface area contributed by atoms with Gasteiger partial charge in [-0.2, -0.15) is 0 Å². The van der Waals surface area contributed by atoms with Gasteiger partial charge in [0.25, 0.3) is 5.91 Å². The molecule has 4 aromatic rings. The van der Waals surface area contributed by atoms with Gasteiger partial charge in [0.15, 0.2) is 12.0 Å². The van der Waals surface area contributed by atoms with Gasteiger partial charge in [-0.3, -0.25) is 9.59 Å². The van der Waals surface area contributed by atoms with Gasteiger partial charge in [-0.1, -0.05) is 42.5 Å². The van der Waals surface area contributed by atoms with Gasteiger partial charge in [-0.05, 0) is 35.0 Å². The van der Waals surface area contributed by atoms with E-state index in [-0.39, 0.29) is 16.8 Å². The topological polar surface area (TPSA) is 85.6 Å². The monoisotopic (exact) mass is 373 g/mol. The fraction of sp³-hybridized carbons (Fsp3) is 0.0455. The van der Waals surface area contributed by atoms with E-state index in [2.05, 4.69) is 5.32 Å². The number of anilines is 1. The molecule has 1 aromatic heterocycles. The van der Waals surface area contributed by atoms with Crippen molar-refractivity contribution in [1.82, 2.24) is 0 Å². The zero-order valence-electron chi connectivity index (χ0n) is 14.7. The van der Waals surface area contributed by atoms with Crippen LogP contribution < -0.4 is 10.7 Å². The number of rotatable bonds is 4. The number of amides is 1. The maximum absolute atomic E-state index is 12.1. The van der Waals surface area contributed by atoms with Crippen LogP contribution in [0.25, 0.3) is 21.7 Å². The number of hydrogen-bond donors (Lipinski definition) is 1. The first-order valence-electron chi connectivity index (χ1n) is 8.59. The summed E-state index contributed by atoms with van der Waals surface area (Å²) in [4.78, 5) is 36.3. The number of nitrogens with one attached hydrogen (secondary N) is 1. The smallest absolute Gasteiger partial charge is 0.374 e. The zero-order chi connectivity index (χ0) is 19.5. The molecule has 0 atom stereocenters. The molecule has 0 aliphatic carbocycles. The van der Waals surface area contributed by atoms with Crippen molar-refractivity contribution in [1.29, 1.82) is 0 Å². The summed E-state index contributed by atoms with van der Waals surface area (Å²) in [5.74, 6) is -1.62. The maximum Gasteiger partial charge on any atom is 0.374 e. The fourth-order valence-corrected chi connectivity index (χ4v) is 2.87. The lowest BCUT2D eigenvalue weighted by Crippen LogP contribution is -2.21. The second-order valence-corrected chi connectivity index (χ2v) is 6.16. The van der Waals surface area contributed by atoms with Crippen molar-refractivity contribution >= 4 is 39.3 Å². The SMILES string of the molecule is O=C(COC(=O)c1cc(=O)c2ccccc2o1)Nc1ccc2ccccc2c1. The van der Waals surface area contributed by atoms with Gasteiger partial charge in [-0.25, -0.2) is 4.79 Å². The van der Waals surface area contributed by atoms with Crippen molar-refractivity contribution in [2.75, 3.05) is 11.9 Å². The third kappa shape index (κ3) is 3.61. The number of ether oxygens (including phenoxy) is 1. The summed E-state index contributed by atoms with van der Waals surface area (Å²) in [5, 5.41) is 5.08. The van der Waals surface area contributed by atoms with Crippen LogP contribution in [0.3, 0.4) is 0 Å². The third-order valence-corrected chi connectivity index (χ3v) is 4.20. The van der Waals surface area contributed by atoms with Crippen molar-refractivity contribution in [3.05, 3.63) is 88.8 Å². The number of carbonyl (C=O) groups is 2. The molecule has 28 heavy (non-hydrogen) atoms. The standard InChI is InChI=1S/C22H15NO5/c24-18-12-20(28-19-8-4-3-7-17(18)19)22(26)27-13-21(25)23-16-10-9-14-5-1-2-6-15(14)11-16/h1-12H,13H2,(H,23,25). The molecule has 1 N–H and O–H groups in total. The molecule has 0 aliphatic heterocycles. The largest absolute Gasteiger partial charge is 0.450 e. The first-order chi connectivity index (χ1) is 13.6. The maximum atomic E-state index is 12.1. The van der Waals surface area contributed by atoms with Crippen LogP contribution in [0, 0.1) is 0 Å². The van der Waals surface area contributed by atoms with E-state index < -0.39 is 18.5 Å². The van der Waals surface area contributed by atoms with Crippen molar-refractivity contribution in [2.24, 2.45) is 0 Å². The predicted octanol–water partition coefficient (Wildman–Crippen LogP) is 3.74. The molecule has 138 valence electrons. The van der Waals surface area contributed by atoms with Crippen LogP contribution in [0.4, 0.5) is 5.69 Å². The molecular formula is C22H15NO5. The second kappa shape index (κ2) is 7.36. The highest BCUT2D eigenvalue weighted by Gasteiger charge is 2.15. The van der Waals surface area contributed by atoms with Crippen LogP contribution in [0.2, 0.25) is 0 Å². The summed E-state index contributed by atoms with van der Waals surface area (Å²) in [7, 11) is 0. The summed E-state index contributed by atoms with van der Waals surface area (Å²) >= 11 is 0. The van der Waals surface area contributed by atoms with E-state index >= 15 is 0 Å². The molecule has 6 heteroatoms. The van der Waals surface area contributed by atoms with Gasteiger partial charge in [0.2, 0.25) is 5.76 Å². The Labute approximate surface area is 159 Å². The van der Waals surface area contributed by atoms with Crippen molar-refractivity contribution in [3.63, 3.8) is 0 Å². The average molecular weight is 373 g/mol. The second-order valence-electron chi connectivity index (χ2n) is 6.16. The minimum atomic E-state index is -0.878. The van der Waals surface area contributed by atoms with Gasteiger partial charge in [0.1, 0.15) is 5.58 Å². The molecular weight excluding hydrogens is 358 g/mol. The molecule has 3 aromatic carbocycles. The minimum absolute atomic E-state index is 0.248. The minimum Gasteiger partial charge on any atom is -0.450 e. The number of hydrogen-bond acceptors (Lipinski definition) is 5. The summed E-state index contributed by atoms with van der Waals surface area (Å²) in [6, 6.07) is 20.9. The number of esters is 1. The Morgan fingerprint density at radius 1 is 0.893 bits per heavy atom. The molecule has 0 unspecified atom stereocenters. The molecule has 0 radical (unpaired) electrons. The van der Waals surface area contributed by atoms with E-state index in [0.717, 1.165) is 16.8 Å². The van der Waals surface area contributed by atoms with Gasteiger partial charge < -0.3 is 14.5 Å². The Morgan fingerprint density at radius 3 is 2.50 bits per heavy atom. The first kappa shape index (κ1) is 17.5. The van der Waals surface area contributed by atoms with Crippen LogP contribution in [-0.4, -0.2) is 18.5 Å². The lowest BCUT2D eigenvalue weighted by Gasteiger charge is -2.07. The average Bonchev–Trinajstić information content (AvgIpc) is 2.72. The van der Waals surface area contributed by atoms with E-state index in [1.54, 1.807) is 30.3 Å². The predicted molar refractivity (Wildman–Crippen MR) is 105 cm³/mol. The van der Waals surface area contributed by atoms with Gasteiger partial charge in [-0.15, -0.1) is 0 Å². The van der Waals surface area contributed by atoms with E-state index in [9.17, 15) is 14.4 Å². The quantitative estimate of drug-likeness (QED) is 0.551. The van der Waals surface area contributed by atoms with E-state index in [4.69, 9.17) is 9.15 Å². The van der Waals surface area contributed by atoms with E-state index in [1.165, 1.54) is 0 Å². The number of fused-ring (bicyclic) bond motifs is 2. The Bertz CT molecular complexity index is 1260. The lowest BCUT2D eigenvalue weighted by molar-refractivity contribution is -0.119. The summed E-state index contributed by atoms with van der Waals surface area (Å²) < 4.78 is 10.4. The van der Waals surface area contributed by atoms with Crippen LogP contribution in [0.15, 0.2) is 82.0 Å². The Morgan fingerprint density at radius 2 is 1.64 bits per heavy atom. The van der Waals surface area contributed by atoms with Crippen molar-refractivity contribution < 1.29 is 18.7 Å². The molecule has 0 fully saturated rings. The Balaban J connectivity index is 1.42. The fourth-order valence-electron chi connectivity index (χ4n) is 2.87. The van der Waals surface area contributed by atoms with Crippen LogP contribution in [-0.2, 0) is 9.53 Å². The zero-order valence-corrected chi connectivity index (χ0v) is 14.7. The normalized spacial score (nSPS) is 10.7. The highest BCUT2D eigenvalue weighted by Crippen LogP contribution is 2.19. The highest BCUT2D eigenvalue weighted by atomic mass is 16.5. The number of para-hydroxylation sites is 1. The third-order valence-electron chi connectivity index (χ3n) is 4.20. The van der Waals surface area contributed by atoms with E-state index in [1.807, 2.05) is 36.4 Å². The van der Waals surface area contributed by atoms with Gasteiger partial charge in [0, 0.05) is 11.8 Å². The Hall–Kier alpha value is -3.93. The van der Waals surface area contributed by atoms with Crippen LogP contribution in [0.5, 0.6) is 0 Å². The molecule has 0 aliphatic rings. The van der Waals surface area contributed by atoms with Gasteiger partial charge in [0.05, 0.1) is 5.39 Å². The van der Waals surface area contributed by atoms with Crippen molar-refractivity contribution in [2.45, 2.75) is 0 Å². The van der Waals surface area contributed by atoms with E-state index in [0.29, 0.717) is 11.1 Å². The Kier molecular flexibility index (Phi) is 4.60. The number of carbonyl (C=O) groups excluding carboxylic acids is 2. The summed E-state index contributed by atoms with van der Waals surface area (Å²) in [6.45, 7) is -0.498. The molecule has 0 bridgehead atoms. The molecule has 0 saturated heterocycles. The number of benzene rings is 3. The summed E-state index contributed by atoms with van der Waals surface area (Å²) in [6.07, 6.45) is 0. The lowest BCUT2D eigenvalue weighted by atomic mass is 10.1. The highest BCUT2D eigenvalue weighted by molar-refractivity contribution is 5.97. The van der Waals surface area contributed by atoms with Crippen molar-refractivity contribution in [3.8, 4) is 0 Å². The molecule has 6 nitrogen and oxygen atoms in total. The first-order valence-corrected chi connectivity index (χ1v) is 8.59. The molecule has 1 heterocycles. The molecule has 4 rings (SSSR count). The van der Waals surface area contributed by atoms with Gasteiger partial charge >= 0.3 is 5.97 Å². The summed E-state index contributed by atoms with van der Waals surface area (Å²) in [5.41, 5.74) is 0.522. The molecule has 0 saturated carbocycles.